The van der Waals surface area contributed by atoms with Gasteiger partial charge in [0.2, 0.25) is 0 Å². The first-order valence-electron chi connectivity index (χ1n) is 6.19. The van der Waals surface area contributed by atoms with Crippen molar-refractivity contribution in [3.63, 3.8) is 0 Å². The molecule has 0 fully saturated rings. The van der Waals surface area contributed by atoms with E-state index in [1.165, 1.54) is 0 Å². The predicted octanol–water partition coefficient (Wildman–Crippen LogP) is 2.60. The summed E-state index contributed by atoms with van der Waals surface area (Å²) in [7, 11) is 1.64. The van der Waals surface area contributed by atoms with Gasteiger partial charge in [-0.1, -0.05) is 15.9 Å². The van der Waals surface area contributed by atoms with Crippen molar-refractivity contribution in [1.29, 1.82) is 0 Å². The van der Waals surface area contributed by atoms with Gasteiger partial charge in [-0.2, -0.15) is 0 Å². The Morgan fingerprint density at radius 1 is 1.32 bits per heavy atom. The highest BCUT2D eigenvalue weighted by atomic mass is 79.9. The van der Waals surface area contributed by atoms with Gasteiger partial charge in [0.1, 0.15) is 5.75 Å². The maximum Gasteiger partial charge on any atom is 0.257 e. The number of carbonyl (C=O) groups is 1. The third-order valence-corrected chi connectivity index (χ3v) is 3.08. The molecule has 0 saturated heterocycles. The molecule has 0 aliphatic rings. The highest BCUT2D eigenvalue weighted by Crippen LogP contribution is 2.27. The van der Waals surface area contributed by atoms with Crippen molar-refractivity contribution in [2.45, 2.75) is 20.3 Å². The van der Waals surface area contributed by atoms with Crippen LogP contribution in [0.4, 0.5) is 0 Å². The Hall–Kier alpha value is -1.07. The van der Waals surface area contributed by atoms with Crippen LogP contribution in [0.1, 0.15) is 17.5 Å². The number of hydrogen-bond acceptors (Lipinski definition) is 3. The number of methoxy groups -OCH3 is 1. The van der Waals surface area contributed by atoms with Gasteiger partial charge in [0.05, 0.1) is 0 Å². The highest BCUT2D eigenvalue weighted by Gasteiger charge is 2.08. The zero-order valence-electron chi connectivity index (χ0n) is 11.6. The average molecular weight is 330 g/mol. The summed E-state index contributed by atoms with van der Waals surface area (Å²) >= 11 is 3.43. The second-order valence-electron chi connectivity index (χ2n) is 4.35. The first-order chi connectivity index (χ1) is 9.04. The monoisotopic (exact) mass is 329 g/mol. The van der Waals surface area contributed by atoms with Crippen LogP contribution in [0.15, 0.2) is 16.6 Å². The summed E-state index contributed by atoms with van der Waals surface area (Å²) in [5.41, 5.74) is 2.03. The molecule has 106 valence electrons. The van der Waals surface area contributed by atoms with Crippen LogP contribution < -0.4 is 10.1 Å². The summed E-state index contributed by atoms with van der Waals surface area (Å²) in [5, 5.41) is 2.78. The third kappa shape index (κ3) is 5.61. The summed E-state index contributed by atoms with van der Waals surface area (Å²) in [4.78, 5) is 11.6. The van der Waals surface area contributed by atoms with Crippen molar-refractivity contribution in [3.8, 4) is 5.75 Å². The molecule has 1 aromatic rings. The SMILES string of the molecule is COCCCNC(=O)COc1c(C)cc(Br)cc1C. The standard InChI is InChI=1S/C14H20BrNO3/c1-10-7-12(15)8-11(2)14(10)19-9-13(17)16-5-4-6-18-3/h7-8H,4-6,9H2,1-3H3,(H,16,17). The zero-order valence-corrected chi connectivity index (χ0v) is 13.2. The number of nitrogens with one attached hydrogen (secondary N) is 1. The number of halogens is 1. The van der Waals surface area contributed by atoms with Crippen molar-refractivity contribution < 1.29 is 14.3 Å². The summed E-state index contributed by atoms with van der Waals surface area (Å²) in [6.07, 6.45) is 0.804. The molecule has 1 N–H and O–H groups in total. The molecular formula is C14H20BrNO3. The van der Waals surface area contributed by atoms with Gasteiger partial charge in [0, 0.05) is 24.7 Å². The molecule has 0 saturated carbocycles. The van der Waals surface area contributed by atoms with Crippen LogP contribution in [-0.4, -0.2) is 32.8 Å². The van der Waals surface area contributed by atoms with Gasteiger partial charge < -0.3 is 14.8 Å². The molecule has 0 unspecified atom stereocenters. The lowest BCUT2D eigenvalue weighted by atomic mass is 10.1. The fourth-order valence-corrected chi connectivity index (χ4v) is 2.44. The summed E-state index contributed by atoms with van der Waals surface area (Å²) in [6.45, 7) is 5.21. The maximum absolute atomic E-state index is 11.6. The molecule has 0 aliphatic heterocycles. The lowest BCUT2D eigenvalue weighted by molar-refractivity contribution is -0.123. The van der Waals surface area contributed by atoms with Crippen molar-refractivity contribution in [1.82, 2.24) is 5.32 Å². The first-order valence-corrected chi connectivity index (χ1v) is 6.99. The Morgan fingerprint density at radius 2 is 1.95 bits per heavy atom. The fraction of sp³-hybridized carbons (Fsp3) is 0.500. The first kappa shape index (κ1) is 16.0. The van der Waals surface area contributed by atoms with Gasteiger partial charge in [-0.15, -0.1) is 0 Å². The molecule has 0 spiro atoms. The van der Waals surface area contributed by atoms with Crippen molar-refractivity contribution >= 4 is 21.8 Å². The lowest BCUT2D eigenvalue weighted by Crippen LogP contribution is -2.30. The summed E-state index contributed by atoms with van der Waals surface area (Å²) in [6, 6.07) is 3.94. The predicted molar refractivity (Wildman–Crippen MR) is 78.6 cm³/mol. The van der Waals surface area contributed by atoms with E-state index >= 15 is 0 Å². The number of benzene rings is 1. The second kappa shape index (κ2) is 8.17. The Morgan fingerprint density at radius 3 is 2.53 bits per heavy atom. The largest absolute Gasteiger partial charge is 0.483 e. The Kier molecular flexibility index (Phi) is 6.87. The lowest BCUT2D eigenvalue weighted by Gasteiger charge is -2.12. The topological polar surface area (TPSA) is 47.6 Å². The van der Waals surface area contributed by atoms with E-state index in [1.54, 1.807) is 7.11 Å². The molecule has 0 aliphatic carbocycles. The zero-order chi connectivity index (χ0) is 14.3. The van der Waals surface area contributed by atoms with Crippen LogP contribution in [0.3, 0.4) is 0 Å². The molecule has 1 aromatic carbocycles. The van der Waals surface area contributed by atoms with E-state index in [0.717, 1.165) is 27.8 Å². The minimum atomic E-state index is -0.113. The van der Waals surface area contributed by atoms with Crippen LogP contribution in [0.25, 0.3) is 0 Å². The minimum Gasteiger partial charge on any atom is -0.483 e. The molecule has 0 aromatic heterocycles. The normalized spacial score (nSPS) is 10.3. The van der Waals surface area contributed by atoms with Crippen LogP contribution in [0.2, 0.25) is 0 Å². The van der Waals surface area contributed by atoms with E-state index in [1.807, 2.05) is 26.0 Å². The van der Waals surface area contributed by atoms with Gasteiger partial charge in [0.25, 0.3) is 5.91 Å². The quantitative estimate of drug-likeness (QED) is 0.782. The van der Waals surface area contributed by atoms with Gasteiger partial charge >= 0.3 is 0 Å². The fourth-order valence-electron chi connectivity index (χ4n) is 1.76. The van der Waals surface area contributed by atoms with Crippen molar-refractivity contribution in [2.75, 3.05) is 26.9 Å². The molecule has 1 amide bonds. The molecule has 0 atom stereocenters. The number of hydrogen-bond donors (Lipinski definition) is 1. The molecule has 4 nitrogen and oxygen atoms in total. The molecule has 5 heteroatoms. The van der Waals surface area contributed by atoms with Gasteiger partial charge in [0.15, 0.2) is 6.61 Å². The summed E-state index contributed by atoms with van der Waals surface area (Å²) < 4.78 is 11.5. The van der Waals surface area contributed by atoms with E-state index in [-0.39, 0.29) is 12.5 Å². The molecule has 0 bridgehead atoms. The van der Waals surface area contributed by atoms with Crippen molar-refractivity contribution in [2.24, 2.45) is 0 Å². The van der Waals surface area contributed by atoms with E-state index in [0.29, 0.717) is 13.2 Å². The Labute approximate surface area is 122 Å². The van der Waals surface area contributed by atoms with E-state index < -0.39 is 0 Å². The van der Waals surface area contributed by atoms with E-state index in [4.69, 9.17) is 9.47 Å². The van der Waals surface area contributed by atoms with Crippen LogP contribution >= 0.6 is 15.9 Å². The highest BCUT2D eigenvalue weighted by molar-refractivity contribution is 9.10. The van der Waals surface area contributed by atoms with Crippen LogP contribution in [0, 0.1) is 13.8 Å². The average Bonchev–Trinajstić information content (AvgIpc) is 2.33. The Bertz CT molecular complexity index is 412. The summed E-state index contributed by atoms with van der Waals surface area (Å²) in [5.74, 6) is 0.660. The van der Waals surface area contributed by atoms with Crippen LogP contribution in [-0.2, 0) is 9.53 Å². The smallest absolute Gasteiger partial charge is 0.257 e. The molecule has 19 heavy (non-hydrogen) atoms. The van der Waals surface area contributed by atoms with Crippen LogP contribution in [0.5, 0.6) is 5.75 Å². The number of carbonyl (C=O) groups excluding carboxylic acids is 1. The van der Waals surface area contributed by atoms with E-state index in [2.05, 4.69) is 21.2 Å². The second-order valence-corrected chi connectivity index (χ2v) is 5.27. The molecular weight excluding hydrogens is 310 g/mol. The molecule has 0 heterocycles. The molecule has 0 radical (unpaired) electrons. The molecule has 1 rings (SSSR count). The number of ether oxygens (including phenoxy) is 2. The van der Waals surface area contributed by atoms with Gasteiger partial charge in [-0.05, 0) is 43.5 Å². The van der Waals surface area contributed by atoms with Gasteiger partial charge in [-0.3, -0.25) is 4.79 Å². The van der Waals surface area contributed by atoms with Crippen molar-refractivity contribution in [3.05, 3.63) is 27.7 Å². The number of aryl methyl sites for hydroxylation is 2. The Balaban J connectivity index is 2.42. The van der Waals surface area contributed by atoms with Gasteiger partial charge in [-0.25, -0.2) is 0 Å². The number of rotatable bonds is 7. The third-order valence-electron chi connectivity index (χ3n) is 2.62. The maximum atomic E-state index is 11.6. The minimum absolute atomic E-state index is 0.0380. The number of amides is 1. The van der Waals surface area contributed by atoms with E-state index in [9.17, 15) is 4.79 Å².